The first-order valence-electron chi connectivity index (χ1n) is 10.4. The number of rotatable bonds is 4. The molecule has 2 aliphatic heterocycles. The minimum absolute atomic E-state index is 0.153. The average Bonchev–Trinajstić information content (AvgIpc) is 3.25. The van der Waals surface area contributed by atoms with Crippen LogP contribution < -0.4 is 5.32 Å². The highest BCUT2D eigenvalue weighted by Crippen LogP contribution is 2.49. The Kier molecular flexibility index (Phi) is 5.23. The molecule has 5 rings (SSSR count). The van der Waals surface area contributed by atoms with Gasteiger partial charge in [0, 0.05) is 18.2 Å². The molecule has 0 amide bonds. The number of sulfonamides is 1. The topological polar surface area (TPSA) is 69.6 Å². The van der Waals surface area contributed by atoms with Crippen LogP contribution in [0.3, 0.4) is 0 Å². The Morgan fingerprint density at radius 1 is 1.00 bits per heavy atom. The van der Waals surface area contributed by atoms with Gasteiger partial charge in [0.05, 0.1) is 18.7 Å². The van der Waals surface area contributed by atoms with Gasteiger partial charge in [0.15, 0.2) is 0 Å². The molecule has 0 unspecified atom stereocenters. The molecule has 0 bridgehead atoms. The second-order valence-corrected chi connectivity index (χ2v) is 10.0. The monoisotopic (exact) mass is 456 g/mol. The standard InChI is InChI=1S/C24H22F2N2O3S/c25-17-5-3-4-15(12-17)16-8-9-21-19(13-16)24-18(22(14-29)27-21)10-11-28(24)32(30,31)23-7-2-1-6-20(23)26/h1-9,12-13,18,22,24,27,29H,10-11,14H2/t18-,22-,24-/m1/s1. The minimum atomic E-state index is -4.11. The maximum Gasteiger partial charge on any atom is 0.246 e. The average molecular weight is 457 g/mol. The lowest BCUT2D eigenvalue weighted by Crippen LogP contribution is -2.43. The molecule has 3 atom stereocenters. The molecule has 5 nitrogen and oxygen atoms in total. The number of fused-ring (bicyclic) bond motifs is 3. The molecule has 2 N–H and O–H groups in total. The van der Waals surface area contributed by atoms with E-state index in [0.717, 1.165) is 17.2 Å². The van der Waals surface area contributed by atoms with Crippen molar-refractivity contribution in [3.8, 4) is 11.1 Å². The number of benzene rings is 3. The summed E-state index contributed by atoms with van der Waals surface area (Å²) >= 11 is 0. The van der Waals surface area contributed by atoms with E-state index >= 15 is 0 Å². The third-order valence-electron chi connectivity index (χ3n) is 6.40. The maximum atomic E-state index is 14.4. The molecule has 0 saturated carbocycles. The third-order valence-corrected chi connectivity index (χ3v) is 8.32. The summed E-state index contributed by atoms with van der Waals surface area (Å²) in [6.45, 7) is 0.0631. The highest BCUT2D eigenvalue weighted by atomic mass is 32.2. The molecule has 0 aromatic heterocycles. The van der Waals surface area contributed by atoms with Gasteiger partial charge in [-0.15, -0.1) is 0 Å². The fourth-order valence-corrected chi connectivity index (χ4v) is 6.65. The van der Waals surface area contributed by atoms with Gasteiger partial charge in [-0.1, -0.05) is 30.3 Å². The number of hydrogen-bond acceptors (Lipinski definition) is 4. The molecule has 0 aliphatic carbocycles. The number of hydrogen-bond donors (Lipinski definition) is 2. The largest absolute Gasteiger partial charge is 0.394 e. The van der Waals surface area contributed by atoms with E-state index in [4.69, 9.17) is 0 Å². The van der Waals surface area contributed by atoms with Crippen molar-refractivity contribution < 1.29 is 22.3 Å². The number of anilines is 1. The van der Waals surface area contributed by atoms with Crippen molar-refractivity contribution in [2.24, 2.45) is 5.92 Å². The Hall–Kier alpha value is -2.81. The van der Waals surface area contributed by atoms with E-state index in [1.165, 1.54) is 34.6 Å². The zero-order valence-electron chi connectivity index (χ0n) is 17.1. The number of nitrogens with zero attached hydrogens (tertiary/aromatic N) is 1. The second kappa shape index (κ2) is 7.95. The zero-order chi connectivity index (χ0) is 22.5. The quantitative estimate of drug-likeness (QED) is 0.618. The van der Waals surface area contributed by atoms with Crippen molar-refractivity contribution in [3.05, 3.63) is 83.9 Å². The summed E-state index contributed by atoms with van der Waals surface area (Å²) in [4.78, 5) is -0.359. The van der Waals surface area contributed by atoms with Crippen LogP contribution in [0.2, 0.25) is 0 Å². The van der Waals surface area contributed by atoms with E-state index in [2.05, 4.69) is 5.32 Å². The Labute approximate surface area is 185 Å². The van der Waals surface area contributed by atoms with Crippen LogP contribution in [0.1, 0.15) is 18.0 Å². The maximum absolute atomic E-state index is 14.4. The summed E-state index contributed by atoms with van der Waals surface area (Å²) in [5.74, 6) is -1.34. The van der Waals surface area contributed by atoms with Gasteiger partial charge in [-0.3, -0.25) is 0 Å². The number of aliphatic hydroxyl groups is 1. The van der Waals surface area contributed by atoms with Crippen LogP contribution in [-0.4, -0.2) is 37.0 Å². The van der Waals surface area contributed by atoms with Gasteiger partial charge in [0.2, 0.25) is 10.0 Å². The second-order valence-electron chi connectivity index (χ2n) is 8.19. The van der Waals surface area contributed by atoms with Crippen LogP contribution in [0.25, 0.3) is 11.1 Å². The molecule has 0 radical (unpaired) electrons. The van der Waals surface area contributed by atoms with Gasteiger partial charge in [-0.05, 0) is 59.5 Å². The summed E-state index contributed by atoms with van der Waals surface area (Å²) < 4.78 is 56.5. The van der Waals surface area contributed by atoms with Crippen LogP contribution in [0.15, 0.2) is 71.6 Å². The molecule has 8 heteroatoms. The highest BCUT2D eigenvalue weighted by molar-refractivity contribution is 7.89. The van der Waals surface area contributed by atoms with Crippen LogP contribution in [0, 0.1) is 17.6 Å². The van der Waals surface area contributed by atoms with Gasteiger partial charge in [-0.2, -0.15) is 4.31 Å². The fraction of sp³-hybridized carbons (Fsp3) is 0.250. The summed E-state index contributed by atoms with van der Waals surface area (Å²) in [6, 6.07) is 16.2. The van der Waals surface area contributed by atoms with Crippen LogP contribution in [0.5, 0.6) is 0 Å². The van der Waals surface area contributed by atoms with Gasteiger partial charge in [0.1, 0.15) is 16.5 Å². The number of aliphatic hydroxyl groups excluding tert-OH is 1. The molecule has 1 fully saturated rings. The van der Waals surface area contributed by atoms with Crippen molar-refractivity contribution in [2.75, 3.05) is 18.5 Å². The minimum Gasteiger partial charge on any atom is -0.394 e. The fourth-order valence-electron chi connectivity index (χ4n) is 4.92. The first kappa shape index (κ1) is 21.1. The summed E-state index contributed by atoms with van der Waals surface area (Å²) in [6.07, 6.45) is 0.528. The van der Waals surface area contributed by atoms with E-state index in [0.29, 0.717) is 17.7 Å². The smallest absolute Gasteiger partial charge is 0.246 e. The van der Waals surface area contributed by atoms with Gasteiger partial charge >= 0.3 is 0 Å². The van der Waals surface area contributed by atoms with Crippen molar-refractivity contribution in [1.82, 2.24) is 4.31 Å². The number of nitrogens with one attached hydrogen (secondary N) is 1. The van der Waals surface area contributed by atoms with Crippen molar-refractivity contribution in [1.29, 1.82) is 0 Å². The lowest BCUT2D eigenvalue weighted by atomic mass is 9.82. The molecule has 32 heavy (non-hydrogen) atoms. The molecule has 1 saturated heterocycles. The predicted molar refractivity (Wildman–Crippen MR) is 117 cm³/mol. The van der Waals surface area contributed by atoms with Gasteiger partial charge < -0.3 is 10.4 Å². The lowest BCUT2D eigenvalue weighted by Gasteiger charge is -2.39. The van der Waals surface area contributed by atoms with E-state index < -0.39 is 21.9 Å². The Balaban J connectivity index is 1.63. The molecule has 0 spiro atoms. The van der Waals surface area contributed by atoms with E-state index in [9.17, 15) is 22.3 Å². The Bertz CT molecular complexity index is 1280. The third kappa shape index (κ3) is 3.39. The van der Waals surface area contributed by atoms with E-state index in [1.807, 2.05) is 18.2 Å². The summed E-state index contributed by atoms with van der Waals surface area (Å²) in [5, 5.41) is 13.3. The van der Waals surface area contributed by atoms with Crippen LogP contribution in [0.4, 0.5) is 14.5 Å². The molecule has 2 aliphatic rings. The number of halogens is 2. The summed E-state index contributed by atoms with van der Waals surface area (Å²) in [7, 11) is -4.11. The normalized spacial score (nSPS) is 22.8. The van der Waals surface area contributed by atoms with Gasteiger partial charge in [0.25, 0.3) is 0 Å². The summed E-state index contributed by atoms with van der Waals surface area (Å²) in [5.41, 5.74) is 2.87. The highest BCUT2D eigenvalue weighted by Gasteiger charge is 2.49. The van der Waals surface area contributed by atoms with Crippen molar-refractivity contribution in [2.45, 2.75) is 23.4 Å². The Morgan fingerprint density at radius 2 is 1.78 bits per heavy atom. The first-order valence-corrected chi connectivity index (χ1v) is 11.9. The van der Waals surface area contributed by atoms with E-state index in [1.54, 1.807) is 12.1 Å². The predicted octanol–water partition coefficient (Wildman–Crippen LogP) is 4.17. The molecule has 3 aromatic rings. The molecule has 3 aromatic carbocycles. The molecule has 166 valence electrons. The Morgan fingerprint density at radius 3 is 2.53 bits per heavy atom. The first-order chi connectivity index (χ1) is 15.4. The van der Waals surface area contributed by atoms with Crippen LogP contribution >= 0.6 is 0 Å². The van der Waals surface area contributed by atoms with Crippen LogP contribution in [-0.2, 0) is 10.0 Å². The molecular weight excluding hydrogens is 434 g/mol. The molecular formula is C24H22F2N2O3S. The van der Waals surface area contributed by atoms with E-state index in [-0.39, 0.29) is 35.8 Å². The zero-order valence-corrected chi connectivity index (χ0v) is 17.9. The van der Waals surface area contributed by atoms with Crippen molar-refractivity contribution in [3.63, 3.8) is 0 Å². The van der Waals surface area contributed by atoms with Gasteiger partial charge in [-0.25, -0.2) is 17.2 Å². The SMILES string of the molecule is O=S(=O)(c1ccccc1F)N1CC[C@@H]2[C@@H](CO)Nc3ccc(-c4cccc(F)c4)cc3[C@@H]21. The van der Waals surface area contributed by atoms with Crippen molar-refractivity contribution >= 4 is 15.7 Å². The lowest BCUT2D eigenvalue weighted by molar-refractivity contribution is 0.210. The molecule has 2 heterocycles.